The minimum atomic E-state index is -0.278. The summed E-state index contributed by atoms with van der Waals surface area (Å²) in [5, 5.41) is 12.5. The van der Waals surface area contributed by atoms with E-state index in [2.05, 4.69) is 5.10 Å². The van der Waals surface area contributed by atoms with Crippen LogP contribution in [0.25, 0.3) is 11.3 Å². The second kappa shape index (κ2) is 11.1. The molecule has 6 nitrogen and oxygen atoms in total. The molecule has 0 unspecified atom stereocenters. The fourth-order valence-electron chi connectivity index (χ4n) is 4.00. The zero-order valence-corrected chi connectivity index (χ0v) is 21.9. The summed E-state index contributed by atoms with van der Waals surface area (Å²) in [5.41, 5.74) is 4.22. The van der Waals surface area contributed by atoms with E-state index in [0.717, 1.165) is 46.8 Å². The molecule has 1 aliphatic heterocycles. The third-order valence-electron chi connectivity index (χ3n) is 5.94. The maximum atomic E-state index is 13.3. The van der Waals surface area contributed by atoms with Crippen molar-refractivity contribution < 1.29 is 9.13 Å². The Morgan fingerprint density at radius 3 is 2.67 bits per heavy atom. The molecule has 0 N–H and O–H groups in total. The first-order valence-corrected chi connectivity index (χ1v) is 13.2. The number of nitrogens with zero attached hydrogens (tertiary/aromatic N) is 5. The van der Waals surface area contributed by atoms with Gasteiger partial charge in [-0.05, 0) is 49.6 Å². The summed E-state index contributed by atoms with van der Waals surface area (Å²) in [5.74, 6) is -0.278. The van der Waals surface area contributed by atoms with Gasteiger partial charge in [-0.3, -0.25) is 4.99 Å². The van der Waals surface area contributed by atoms with Crippen molar-refractivity contribution in [3.63, 3.8) is 0 Å². The van der Waals surface area contributed by atoms with E-state index in [9.17, 15) is 4.39 Å². The van der Waals surface area contributed by atoms with Crippen LogP contribution in [0.4, 0.5) is 4.39 Å². The molecule has 0 radical (unpaired) electrons. The predicted molar refractivity (Wildman–Crippen MR) is 143 cm³/mol. The van der Waals surface area contributed by atoms with Gasteiger partial charge in [0.2, 0.25) is 4.80 Å². The molecule has 36 heavy (non-hydrogen) atoms. The molecule has 2 aromatic heterocycles. The van der Waals surface area contributed by atoms with Gasteiger partial charge in [0, 0.05) is 22.6 Å². The lowest BCUT2D eigenvalue weighted by molar-refractivity contribution is 0.117. The topological polar surface area (TPSA) is 56.7 Å². The largest absolute Gasteiger partial charge is 0.376 e. The standard InChI is InChI=1S/C26H24Cl2FN5OS/c1-17-23(25(28)33(32-17)15-18-4-10-21(29)11-5-18)14-31-34-24(19-6-8-20(27)9-7-19)16-36-26(34)30-13-22-3-2-12-35-22/h4-11,14,16,22H,2-3,12-13,15H2,1H3/b30-26?,31-14-/t22-/m1/s1. The number of aryl methyl sites for hydroxylation is 1. The van der Waals surface area contributed by atoms with Gasteiger partial charge in [0.1, 0.15) is 11.0 Å². The van der Waals surface area contributed by atoms with Crippen molar-refractivity contribution in [2.45, 2.75) is 32.4 Å². The predicted octanol–water partition coefficient (Wildman–Crippen LogP) is 6.18. The van der Waals surface area contributed by atoms with Crippen molar-refractivity contribution in [3.8, 4) is 11.3 Å². The van der Waals surface area contributed by atoms with Gasteiger partial charge in [-0.2, -0.15) is 10.2 Å². The van der Waals surface area contributed by atoms with Crippen molar-refractivity contribution in [2.75, 3.05) is 13.2 Å². The lowest BCUT2D eigenvalue weighted by Crippen LogP contribution is -2.17. The zero-order valence-electron chi connectivity index (χ0n) is 19.6. The van der Waals surface area contributed by atoms with Crippen LogP contribution in [-0.2, 0) is 11.3 Å². The van der Waals surface area contributed by atoms with E-state index in [1.165, 1.54) is 23.5 Å². The Balaban J connectivity index is 1.48. The van der Waals surface area contributed by atoms with Gasteiger partial charge in [-0.25, -0.2) is 13.7 Å². The van der Waals surface area contributed by atoms with Crippen molar-refractivity contribution in [3.05, 3.63) is 91.5 Å². The van der Waals surface area contributed by atoms with E-state index >= 15 is 0 Å². The summed E-state index contributed by atoms with van der Waals surface area (Å²) in [6.07, 6.45) is 3.94. The maximum Gasteiger partial charge on any atom is 0.206 e. The summed E-state index contributed by atoms with van der Waals surface area (Å²) in [7, 11) is 0. The number of ether oxygens (including phenoxy) is 1. The van der Waals surface area contributed by atoms with Crippen LogP contribution in [-0.4, -0.2) is 39.9 Å². The van der Waals surface area contributed by atoms with Crippen LogP contribution in [0, 0.1) is 12.7 Å². The van der Waals surface area contributed by atoms with Crippen LogP contribution in [0.1, 0.15) is 29.7 Å². The first-order chi connectivity index (χ1) is 17.5. The Kier molecular flexibility index (Phi) is 7.67. The minimum absolute atomic E-state index is 0.143. The van der Waals surface area contributed by atoms with Crippen LogP contribution in [0.3, 0.4) is 0 Å². The van der Waals surface area contributed by atoms with Crippen LogP contribution < -0.4 is 4.80 Å². The van der Waals surface area contributed by atoms with Gasteiger partial charge in [0.15, 0.2) is 0 Å². The molecule has 1 aliphatic rings. The molecule has 0 aliphatic carbocycles. The highest BCUT2D eigenvalue weighted by Crippen LogP contribution is 2.24. The quantitative estimate of drug-likeness (QED) is 0.261. The summed E-state index contributed by atoms with van der Waals surface area (Å²) >= 11 is 14.3. The minimum Gasteiger partial charge on any atom is -0.376 e. The highest BCUT2D eigenvalue weighted by atomic mass is 35.5. The average Bonchev–Trinajstić information content (AvgIpc) is 3.59. The molecule has 0 amide bonds. The van der Waals surface area contributed by atoms with Crippen molar-refractivity contribution in [1.82, 2.24) is 14.5 Å². The molecule has 1 atom stereocenters. The SMILES string of the molecule is Cc1nn(Cc2ccc(F)cc2)c(Cl)c1/C=N\n1c(-c2ccc(Cl)cc2)csc1=NC[C@H]1CCCO1. The Labute approximate surface area is 222 Å². The van der Waals surface area contributed by atoms with Gasteiger partial charge in [0.05, 0.1) is 42.4 Å². The molecule has 4 aromatic rings. The number of hydrogen-bond donors (Lipinski definition) is 0. The molecule has 2 aromatic carbocycles. The summed E-state index contributed by atoms with van der Waals surface area (Å²) in [4.78, 5) is 5.57. The molecule has 0 spiro atoms. The first kappa shape index (κ1) is 24.9. The van der Waals surface area contributed by atoms with E-state index < -0.39 is 0 Å². The van der Waals surface area contributed by atoms with Crippen molar-refractivity contribution in [2.24, 2.45) is 10.1 Å². The normalized spacial score (nSPS) is 16.4. The Bertz CT molecular complexity index is 1430. The number of hydrogen-bond acceptors (Lipinski definition) is 5. The third kappa shape index (κ3) is 5.62. The average molecular weight is 544 g/mol. The van der Waals surface area contributed by atoms with Gasteiger partial charge < -0.3 is 4.74 Å². The third-order valence-corrected chi connectivity index (χ3v) is 7.44. The number of halogens is 3. The van der Waals surface area contributed by atoms with E-state index in [1.807, 2.05) is 41.2 Å². The number of rotatable bonds is 7. The fraction of sp³-hybridized carbons (Fsp3) is 0.269. The summed E-state index contributed by atoms with van der Waals surface area (Å²) in [6, 6.07) is 13.9. The van der Waals surface area contributed by atoms with E-state index in [0.29, 0.717) is 28.8 Å². The summed E-state index contributed by atoms with van der Waals surface area (Å²) < 4.78 is 22.5. The zero-order chi connectivity index (χ0) is 25.1. The van der Waals surface area contributed by atoms with Crippen LogP contribution in [0.2, 0.25) is 10.2 Å². The molecule has 0 bridgehead atoms. The van der Waals surface area contributed by atoms with Gasteiger partial charge in [-0.1, -0.05) is 47.5 Å². The lowest BCUT2D eigenvalue weighted by atomic mass is 10.2. The van der Waals surface area contributed by atoms with E-state index in [1.54, 1.807) is 23.0 Å². The maximum absolute atomic E-state index is 13.3. The van der Waals surface area contributed by atoms with Crippen LogP contribution >= 0.6 is 34.5 Å². The molecule has 1 saturated heterocycles. The molecular formula is C26H24Cl2FN5OS. The smallest absolute Gasteiger partial charge is 0.206 e. The second-order valence-electron chi connectivity index (χ2n) is 8.52. The fourth-order valence-corrected chi connectivity index (χ4v) is 5.26. The number of aromatic nitrogens is 3. The monoisotopic (exact) mass is 543 g/mol. The molecule has 10 heteroatoms. The van der Waals surface area contributed by atoms with E-state index in [4.69, 9.17) is 38.0 Å². The van der Waals surface area contributed by atoms with Crippen LogP contribution in [0.5, 0.6) is 0 Å². The Morgan fingerprint density at radius 1 is 1.17 bits per heavy atom. The molecule has 186 valence electrons. The molecule has 5 rings (SSSR count). The summed E-state index contributed by atoms with van der Waals surface area (Å²) in [6.45, 7) is 3.69. The van der Waals surface area contributed by atoms with Crippen molar-refractivity contribution in [1.29, 1.82) is 0 Å². The lowest BCUT2D eigenvalue weighted by Gasteiger charge is -2.06. The first-order valence-electron chi connectivity index (χ1n) is 11.6. The van der Waals surface area contributed by atoms with Crippen LogP contribution in [0.15, 0.2) is 64.0 Å². The Morgan fingerprint density at radius 2 is 1.94 bits per heavy atom. The second-order valence-corrected chi connectivity index (χ2v) is 10.1. The highest BCUT2D eigenvalue weighted by molar-refractivity contribution is 7.07. The van der Waals surface area contributed by atoms with E-state index in [-0.39, 0.29) is 11.9 Å². The number of benzene rings is 2. The Hall–Kier alpha value is -2.78. The molecule has 3 heterocycles. The van der Waals surface area contributed by atoms with Gasteiger partial charge in [0.25, 0.3) is 0 Å². The highest BCUT2D eigenvalue weighted by Gasteiger charge is 2.16. The van der Waals surface area contributed by atoms with Crippen molar-refractivity contribution >= 4 is 40.8 Å². The molecule has 1 fully saturated rings. The van der Waals surface area contributed by atoms with Gasteiger partial charge >= 0.3 is 0 Å². The van der Waals surface area contributed by atoms with Gasteiger partial charge in [-0.15, -0.1) is 11.3 Å². The molecule has 0 saturated carbocycles. The molecular weight excluding hydrogens is 520 g/mol. The number of thiazole rings is 1.